The summed E-state index contributed by atoms with van der Waals surface area (Å²) in [5, 5.41) is 21.7. The zero-order valence-corrected chi connectivity index (χ0v) is 10.1. The molecule has 3 nitrogen and oxygen atoms in total. The van der Waals surface area contributed by atoms with Crippen molar-refractivity contribution in [2.75, 3.05) is 6.54 Å². The Hall–Kier alpha value is -1.53. The smallest absolute Gasteiger partial charge is 0.115 e. The van der Waals surface area contributed by atoms with Gasteiger partial charge in [-0.25, -0.2) is 0 Å². The summed E-state index contributed by atoms with van der Waals surface area (Å²) in [6.07, 6.45) is 3.33. The molecular formula is C14H18N2O. The van der Waals surface area contributed by atoms with Gasteiger partial charge in [0.2, 0.25) is 0 Å². The molecule has 2 N–H and O–H groups in total. The van der Waals surface area contributed by atoms with Gasteiger partial charge in [-0.1, -0.05) is 6.07 Å². The predicted octanol–water partition coefficient (Wildman–Crippen LogP) is 2.52. The maximum Gasteiger partial charge on any atom is 0.115 e. The number of aromatic hydroxyl groups is 1. The van der Waals surface area contributed by atoms with E-state index in [-0.39, 0.29) is 12.0 Å². The van der Waals surface area contributed by atoms with Gasteiger partial charge in [0.05, 0.1) is 12.0 Å². The van der Waals surface area contributed by atoms with Crippen LogP contribution >= 0.6 is 0 Å². The first-order valence-corrected chi connectivity index (χ1v) is 6.15. The first kappa shape index (κ1) is 11.9. The van der Waals surface area contributed by atoms with Crippen molar-refractivity contribution in [3.63, 3.8) is 0 Å². The summed E-state index contributed by atoms with van der Waals surface area (Å²) in [5.41, 5.74) is 2.51. The molecule has 0 aromatic heterocycles. The van der Waals surface area contributed by atoms with Crippen LogP contribution in [0.5, 0.6) is 5.75 Å². The predicted molar refractivity (Wildman–Crippen MR) is 66.6 cm³/mol. The van der Waals surface area contributed by atoms with Crippen LogP contribution in [-0.4, -0.2) is 11.7 Å². The second-order valence-electron chi connectivity index (χ2n) is 4.77. The van der Waals surface area contributed by atoms with Gasteiger partial charge in [0, 0.05) is 12.6 Å². The molecule has 1 aliphatic carbocycles. The molecule has 2 rings (SSSR count). The average molecular weight is 230 g/mol. The molecule has 0 saturated carbocycles. The molecule has 0 saturated heterocycles. The van der Waals surface area contributed by atoms with E-state index in [1.165, 1.54) is 11.1 Å². The summed E-state index contributed by atoms with van der Waals surface area (Å²) in [4.78, 5) is 0. The molecule has 0 fully saturated rings. The second-order valence-corrected chi connectivity index (χ2v) is 4.77. The third kappa shape index (κ3) is 2.78. The first-order chi connectivity index (χ1) is 8.20. The molecule has 2 unspecified atom stereocenters. The van der Waals surface area contributed by atoms with Crippen LogP contribution in [0.1, 0.15) is 36.9 Å². The number of nitriles is 1. The van der Waals surface area contributed by atoms with Crippen molar-refractivity contribution in [3.8, 4) is 11.8 Å². The number of fused-ring (bicyclic) bond motifs is 1. The summed E-state index contributed by atoms with van der Waals surface area (Å²) in [6.45, 7) is 2.62. The van der Waals surface area contributed by atoms with Gasteiger partial charge in [-0.2, -0.15) is 5.26 Å². The number of nitrogens with one attached hydrogen (secondary N) is 1. The normalized spacial score (nSPS) is 20.4. The van der Waals surface area contributed by atoms with Crippen LogP contribution in [0.15, 0.2) is 18.2 Å². The molecule has 0 spiro atoms. The Balaban J connectivity index is 2.11. The summed E-state index contributed by atoms with van der Waals surface area (Å²) in [6, 6.07) is 8.11. The zero-order chi connectivity index (χ0) is 12.3. The van der Waals surface area contributed by atoms with Crippen molar-refractivity contribution >= 4 is 0 Å². The topological polar surface area (TPSA) is 56.0 Å². The maximum atomic E-state index is 9.55. The fraction of sp³-hybridized carbons (Fsp3) is 0.500. The van der Waals surface area contributed by atoms with E-state index in [1.807, 2.05) is 19.1 Å². The Morgan fingerprint density at radius 3 is 3.18 bits per heavy atom. The van der Waals surface area contributed by atoms with Crippen molar-refractivity contribution < 1.29 is 5.11 Å². The molecule has 17 heavy (non-hydrogen) atoms. The minimum Gasteiger partial charge on any atom is -0.508 e. The number of nitrogens with zero attached hydrogens (tertiary/aromatic N) is 1. The maximum absolute atomic E-state index is 9.55. The molecule has 0 amide bonds. The Kier molecular flexibility index (Phi) is 3.65. The number of hydrogen-bond acceptors (Lipinski definition) is 3. The van der Waals surface area contributed by atoms with Crippen LogP contribution in [0.25, 0.3) is 0 Å². The van der Waals surface area contributed by atoms with Gasteiger partial charge in [0.15, 0.2) is 0 Å². The molecule has 1 aromatic rings. The van der Waals surface area contributed by atoms with Gasteiger partial charge in [-0.3, -0.25) is 0 Å². The van der Waals surface area contributed by atoms with Crippen LogP contribution in [0.3, 0.4) is 0 Å². The van der Waals surface area contributed by atoms with Crippen molar-refractivity contribution in [2.45, 2.75) is 32.2 Å². The molecular weight excluding hydrogens is 212 g/mol. The SMILES string of the molecule is CC(C#N)CNC1CCCc2ccc(O)cc21. The molecule has 0 radical (unpaired) electrons. The Bertz CT molecular complexity index is 436. The van der Waals surface area contributed by atoms with Crippen molar-refractivity contribution in [1.29, 1.82) is 5.26 Å². The van der Waals surface area contributed by atoms with Gasteiger partial charge in [-0.15, -0.1) is 0 Å². The molecule has 2 atom stereocenters. The number of benzene rings is 1. The van der Waals surface area contributed by atoms with E-state index in [1.54, 1.807) is 6.07 Å². The van der Waals surface area contributed by atoms with E-state index < -0.39 is 0 Å². The van der Waals surface area contributed by atoms with E-state index >= 15 is 0 Å². The Labute approximate surface area is 102 Å². The first-order valence-electron chi connectivity index (χ1n) is 6.15. The van der Waals surface area contributed by atoms with Crippen LogP contribution in [0, 0.1) is 17.2 Å². The van der Waals surface area contributed by atoms with E-state index in [0.29, 0.717) is 12.3 Å². The molecule has 0 heterocycles. The highest BCUT2D eigenvalue weighted by atomic mass is 16.3. The fourth-order valence-corrected chi connectivity index (χ4v) is 2.36. The number of aryl methyl sites for hydroxylation is 1. The Morgan fingerprint density at radius 1 is 1.59 bits per heavy atom. The van der Waals surface area contributed by atoms with Crippen LogP contribution in [0.4, 0.5) is 0 Å². The summed E-state index contributed by atoms with van der Waals surface area (Å²) >= 11 is 0. The Morgan fingerprint density at radius 2 is 2.41 bits per heavy atom. The summed E-state index contributed by atoms with van der Waals surface area (Å²) in [7, 11) is 0. The molecule has 1 aliphatic rings. The largest absolute Gasteiger partial charge is 0.508 e. The van der Waals surface area contributed by atoms with Crippen molar-refractivity contribution in [3.05, 3.63) is 29.3 Å². The monoisotopic (exact) mass is 230 g/mol. The highest BCUT2D eigenvalue weighted by Crippen LogP contribution is 2.32. The highest BCUT2D eigenvalue weighted by molar-refractivity contribution is 5.38. The van der Waals surface area contributed by atoms with Crippen LogP contribution in [0.2, 0.25) is 0 Å². The van der Waals surface area contributed by atoms with Gasteiger partial charge in [0.1, 0.15) is 5.75 Å². The number of rotatable bonds is 3. The van der Waals surface area contributed by atoms with Crippen molar-refractivity contribution in [1.82, 2.24) is 5.32 Å². The number of hydrogen-bond donors (Lipinski definition) is 2. The van der Waals surface area contributed by atoms with Gasteiger partial charge < -0.3 is 10.4 Å². The third-order valence-electron chi connectivity index (χ3n) is 3.33. The lowest BCUT2D eigenvalue weighted by molar-refractivity contribution is 0.433. The zero-order valence-electron chi connectivity index (χ0n) is 10.1. The lowest BCUT2D eigenvalue weighted by Gasteiger charge is -2.27. The minimum atomic E-state index is 0.0256. The lowest BCUT2D eigenvalue weighted by atomic mass is 9.87. The molecule has 90 valence electrons. The van der Waals surface area contributed by atoms with E-state index in [4.69, 9.17) is 5.26 Å². The van der Waals surface area contributed by atoms with Gasteiger partial charge in [0.25, 0.3) is 0 Å². The number of phenolic OH excluding ortho intramolecular Hbond substituents is 1. The second kappa shape index (κ2) is 5.20. The van der Waals surface area contributed by atoms with Crippen LogP contribution < -0.4 is 5.32 Å². The van der Waals surface area contributed by atoms with E-state index in [9.17, 15) is 5.11 Å². The number of phenols is 1. The molecule has 0 aliphatic heterocycles. The van der Waals surface area contributed by atoms with Crippen LogP contribution in [-0.2, 0) is 6.42 Å². The van der Waals surface area contributed by atoms with E-state index in [0.717, 1.165) is 19.3 Å². The minimum absolute atomic E-state index is 0.0256. The van der Waals surface area contributed by atoms with Crippen molar-refractivity contribution in [2.24, 2.45) is 5.92 Å². The van der Waals surface area contributed by atoms with Gasteiger partial charge in [-0.05, 0) is 49.4 Å². The van der Waals surface area contributed by atoms with E-state index in [2.05, 4.69) is 11.4 Å². The third-order valence-corrected chi connectivity index (χ3v) is 3.33. The quantitative estimate of drug-likeness (QED) is 0.839. The highest BCUT2D eigenvalue weighted by Gasteiger charge is 2.20. The standard InChI is InChI=1S/C14H18N2O/c1-10(8-15)9-16-14-4-2-3-11-5-6-12(17)7-13(11)14/h5-7,10,14,16-17H,2-4,9H2,1H3. The fourth-order valence-electron chi connectivity index (χ4n) is 2.36. The molecule has 1 aromatic carbocycles. The van der Waals surface area contributed by atoms with Gasteiger partial charge >= 0.3 is 0 Å². The summed E-state index contributed by atoms with van der Waals surface area (Å²) < 4.78 is 0. The summed E-state index contributed by atoms with van der Waals surface area (Å²) in [5.74, 6) is 0.350. The average Bonchev–Trinajstić information content (AvgIpc) is 2.35. The lowest BCUT2D eigenvalue weighted by Crippen LogP contribution is -2.28. The molecule has 0 bridgehead atoms. The molecule has 3 heteroatoms.